The molecule has 0 bridgehead atoms. The van der Waals surface area contributed by atoms with E-state index in [9.17, 15) is 4.79 Å². The minimum Gasteiger partial charge on any atom is -0.364 e. The number of primary amides is 1. The number of fused-ring (bicyclic) bond motifs is 1. The fourth-order valence-electron chi connectivity index (χ4n) is 1.28. The third-order valence-corrected chi connectivity index (χ3v) is 1.93. The highest BCUT2D eigenvalue weighted by atomic mass is 17.2. The Morgan fingerprint density at radius 2 is 1.88 bits per heavy atom. The van der Waals surface area contributed by atoms with Crippen LogP contribution in [-0.2, 0) is 4.89 Å². The van der Waals surface area contributed by atoms with Crippen LogP contribution in [0.25, 0.3) is 11.0 Å². The second-order valence-corrected chi connectivity index (χ2v) is 2.98. The van der Waals surface area contributed by atoms with Crippen molar-refractivity contribution in [3.63, 3.8) is 0 Å². The molecule has 1 aromatic carbocycles. The Morgan fingerprint density at radius 1 is 1.25 bits per heavy atom. The number of amides is 1. The van der Waals surface area contributed by atoms with Gasteiger partial charge < -0.3 is 10.6 Å². The predicted octanol–water partition coefficient (Wildman–Crippen LogP) is 0.669. The molecule has 0 aliphatic heterocycles. The zero-order valence-corrected chi connectivity index (χ0v) is 8.51. The molecule has 82 valence electrons. The first-order valence-electron chi connectivity index (χ1n) is 4.49. The first-order valence-corrected chi connectivity index (χ1v) is 4.49. The third-order valence-electron chi connectivity index (χ3n) is 1.93. The molecule has 0 spiro atoms. The molecule has 2 N–H and O–H groups in total. The zero-order valence-electron chi connectivity index (χ0n) is 8.51. The van der Waals surface area contributed by atoms with Crippen molar-refractivity contribution in [3.05, 3.63) is 30.0 Å². The van der Waals surface area contributed by atoms with Gasteiger partial charge in [-0.1, -0.05) is 12.1 Å². The van der Waals surface area contributed by atoms with E-state index in [-0.39, 0.29) is 11.6 Å². The monoisotopic (exact) mass is 219 g/mol. The second-order valence-electron chi connectivity index (χ2n) is 2.98. The van der Waals surface area contributed by atoms with E-state index >= 15 is 0 Å². The third kappa shape index (κ3) is 1.78. The van der Waals surface area contributed by atoms with Gasteiger partial charge in [0.1, 0.15) is 0 Å². The summed E-state index contributed by atoms with van der Waals surface area (Å²) in [7, 11) is 1.31. The minimum atomic E-state index is -0.717. The van der Waals surface area contributed by atoms with E-state index in [1.54, 1.807) is 24.3 Å². The Morgan fingerprint density at radius 3 is 2.44 bits per heavy atom. The maximum atomic E-state index is 11.1. The second kappa shape index (κ2) is 4.11. The van der Waals surface area contributed by atoms with Crippen LogP contribution >= 0.6 is 0 Å². The van der Waals surface area contributed by atoms with Crippen molar-refractivity contribution < 1.29 is 14.6 Å². The Hall–Kier alpha value is -2.21. The lowest BCUT2D eigenvalue weighted by Gasteiger charge is -2.05. The predicted molar refractivity (Wildman–Crippen MR) is 55.7 cm³/mol. The van der Waals surface area contributed by atoms with Crippen molar-refractivity contribution in [2.24, 2.45) is 5.73 Å². The van der Waals surface area contributed by atoms with E-state index in [0.717, 1.165) is 0 Å². The van der Waals surface area contributed by atoms with Crippen LogP contribution in [0.5, 0.6) is 5.88 Å². The molecule has 0 aliphatic rings. The molecule has 2 aromatic rings. The molecular formula is C10H9N3O3. The molecule has 1 heterocycles. The van der Waals surface area contributed by atoms with E-state index < -0.39 is 5.91 Å². The Balaban J connectivity index is 2.65. The van der Waals surface area contributed by atoms with Gasteiger partial charge in [0.25, 0.3) is 11.8 Å². The van der Waals surface area contributed by atoms with Crippen molar-refractivity contribution >= 4 is 16.9 Å². The fraction of sp³-hybridized carbons (Fsp3) is 0.100. The average molecular weight is 219 g/mol. The topological polar surface area (TPSA) is 87.3 Å². The molecule has 0 radical (unpaired) electrons. The van der Waals surface area contributed by atoms with Crippen molar-refractivity contribution in [1.82, 2.24) is 9.97 Å². The van der Waals surface area contributed by atoms with Crippen molar-refractivity contribution in [2.45, 2.75) is 0 Å². The highest BCUT2D eigenvalue weighted by Gasteiger charge is 2.15. The number of para-hydroxylation sites is 2. The van der Waals surface area contributed by atoms with Gasteiger partial charge in [-0.15, -0.1) is 0 Å². The van der Waals surface area contributed by atoms with Gasteiger partial charge in [0.15, 0.2) is 5.69 Å². The van der Waals surface area contributed by atoms with Crippen LogP contribution in [0.1, 0.15) is 10.5 Å². The molecule has 2 rings (SSSR count). The summed E-state index contributed by atoms with van der Waals surface area (Å²) in [4.78, 5) is 28.4. The number of carbonyl (C=O) groups excluding carboxylic acids is 1. The summed E-state index contributed by atoms with van der Waals surface area (Å²) in [6, 6.07) is 7.07. The molecular weight excluding hydrogens is 210 g/mol. The van der Waals surface area contributed by atoms with Gasteiger partial charge >= 0.3 is 0 Å². The zero-order chi connectivity index (χ0) is 11.5. The van der Waals surface area contributed by atoms with Gasteiger partial charge in [-0.05, 0) is 12.1 Å². The number of benzene rings is 1. The first-order chi connectivity index (χ1) is 7.72. The lowest BCUT2D eigenvalue weighted by molar-refractivity contribution is -0.181. The van der Waals surface area contributed by atoms with Gasteiger partial charge in [-0.25, -0.2) is 9.97 Å². The number of carbonyl (C=O) groups is 1. The SMILES string of the molecule is COOc1nc2ccccc2nc1C(N)=O. The highest BCUT2D eigenvalue weighted by Crippen LogP contribution is 2.18. The summed E-state index contributed by atoms with van der Waals surface area (Å²) >= 11 is 0. The number of rotatable bonds is 3. The van der Waals surface area contributed by atoms with Crippen LogP contribution in [0.15, 0.2) is 24.3 Å². The van der Waals surface area contributed by atoms with Crippen molar-refractivity contribution in [2.75, 3.05) is 7.11 Å². The van der Waals surface area contributed by atoms with E-state index in [1.807, 2.05) is 0 Å². The van der Waals surface area contributed by atoms with E-state index in [0.29, 0.717) is 11.0 Å². The average Bonchev–Trinajstić information content (AvgIpc) is 2.28. The van der Waals surface area contributed by atoms with Gasteiger partial charge in [-0.3, -0.25) is 4.79 Å². The summed E-state index contributed by atoms with van der Waals surface area (Å²) < 4.78 is 0. The summed E-state index contributed by atoms with van der Waals surface area (Å²) in [6.07, 6.45) is 0. The van der Waals surface area contributed by atoms with Crippen LogP contribution in [-0.4, -0.2) is 23.0 Å². The summed E-state index contributed by atoms with van der Waals surface area (Å²) in [5.41, 5.74) is 6.27. The van der Waals surface area contributed by atoms with Gasteiger partial charge in [0.05, 0.1) is 18.1 Å². The maximum absolute atomic E-state index is 11.1. The highest BCUT2D eigenvalue weighted by molar-refractivity contribution is 5.95. The summed E-state index contributed by atoms with van der Waals surface area (Å²) in [6.45, 7) is 0. The quantitative estimate of drug-likeness (QED) is 0.605. The van der Waals surface area contributed by atoms with Crippen LogP contribution in [0.4, 0.5) is 0 Å². The lowest BCUT2D eigenvalue weighted by Crippen LogP contribution is -2.16. The molecule has 0 atom stereocenters. The van der Waals surface area contributed by atoms with Gasteiger partial charge in [-0.2, -0.15) is 4.89 Å². The van der Waals surface area contributed by atoms with Crippen molar-refractivity contribution in [3.8, 4) is 5.88 Å². The van der Waals surface area contributed by atoms with E-state index in [2.05, 4.69) is 14.9 Å². The lowest BCUT2D eigenvalue weighted by atomic mass is 10.3. The number of hydrogen-bond donors (Lipinski definition) is 1. The van der Waals surface area contributed by atoms with Crippen LogP contribution in [0, 0.1) is 0 Å². The molecule has 0 fully saturated rings. The molecule has 6 nitrogen and oxygen atoms in total. The number of hydrogen-bond acceptors (Lipinski definition) is 5. The maximum Gasteiger partial charge on any atom is 0.288 e. The number of nitrogens with zero attached hydrogens (tertiary/aromatic N) is 2. The largest absolute Gasteiger partial charge is 0.364 e. The molecule has 16 heavy (non-hydrogen) atoms. The Kier molecular flexibility index (Phi) is 2.65. The Bertz CT molecular complexity index is 542. The molecule has 1 aromatic heterocycles. The normalized spacial score (nSPS) is 10.3. The minimum absolute atomic E-state index is 0.0336. The molecule has 0 aliphatic carbocycles. The number of nitrogens with two attached hydrogens (primary N) is 1. The molecule has 1 amide bonds. The standard InChI is InChI=1S/C10H9N3O3/c1-15-16-10-8(9(11)14)12-6-4-2-3-5-7(6)13-10/h2-5H,1H3,(H2,11,14). The molecule has 0 saturated heterocycles. The molecule has 0 unspecified atom stereocenters. The molecule has 0 saturated carbocycles. The fourth-order valence-corrected chi connectivity index (χ4v) is 1.28. The number of aromatic nitrogens is 2. The molecule has 6 heteroatoms. The van der Waals surface area contributed by atoms with Crippen molar-refractivity contribution in [1.29, 1.82) is 0 Å². The Labute approximate surface area is 90.9 Å². The first kappa shape index (κ1) is 10.3. The smallest absolute Gasteiger partial charge is 0.288 e. The van der Waals surface area contributed by atoms with Crippen LogP contribution in [0.3, 0.4) is 0 Å². The summed E-state index contributed by atoms with van der Waals surface area (Å²) in [5, 5.41) is 0. The summed E-state index contributed by atoms with van der Waals surface area (Å²) in [5.74, 6) is -0.751. The van der Waals surface area contributed by atoms with Crippen LogP contribution in [0.2, 0.25) is 0 Å². The van der Waals surface area contributed by atoms with E-state index in [1.165, 1.54) is 7.11 Å². The van der Waals surface area contributed by atoms with Gasteiger partial charge in [0.2, 0.25) is 0 Å². The van der Waals surface area contributed by atoms with E-state index in [4.69, 9.17) is 10.6 Å². The van der Waals surface area contributed by atoms with Gasteiger partial charge in [0, 0.05) is 0 Å². The van der Waals surface area contributed by atoms with Crippen LogP contribution < -0.4 is 10.6 Å².